The third-order valence-electron chi connectivity index (χ3n) is 4.21. The first kappa shape index (κ1) is 23.3. The highest BCUT2D eigenvalue weighted by Gasteiger charge is 2.32. The van der Waals surface area contributed by atoms with Gasteiger partial charge in [-0.05, 0) is 56.0 Å². The molecule has 0 atom stereocenters. The molecule has 3 rings (SSSR count). The molecule has 0 unspecified atom stereocenters. The second kappa shape index (κ2) is 10.3. The summed E-state index contributed by atoms with van der Waals surface area (Å²) in [5.74, 6) is 0.300. The van der Waals surface area contributed by atoms with Gasteiger partial charge >= 0.3 is 0 Å². The molecule has 1 saturated heterocycles. The molecule has 1 aliphatic rings. The van der Waals surface area contributed by atoms with Gasteiger partial charge in [-0.25, -0.2) is 0 Å². The highest BCUT2D eigenvalue weighted by atomic mass is 35.5. The zero-order valence-corrected chi connectivity index (χ0v) is 20.1. The topological polar surface area (TPSA) is 41.9 Å². The van der Waals surface area contributed by atoms with Crippen molar-refractivity contribution in [2.45, 2.75) is 20.5 Å². The predicted molar refractivity (Wildman–Crippen MR) is 128 cm³/mol. The van der Waals surface area contributed by atoms with Crippen molar-refractivity contribution in [3.63, 3.8) is 0 Å². The summed E-state index contributed by atoms with van der Waals surface area (Å²) < 4.78 is 5.98. The van der Waals surface area contributed by atoms with E-state index < -0.39 is 0 Å². The highest BCUT2D eigenvalue weighted by molar-refractivity contribution is 8.18. The summed E-state index contributed by atoms with van der Waals surface area (Å²) in [4.78, 5) is 19.3. The van der Waals surface area contributed by atoms with Crippen LogP contribution in [0, 0.1) is 0 Å². The van der Waals surface area contributed by atoms with Gasteiger partial charge in [-0.3, -0.25) is 14.7 Å². The van der Waals surface area contributed by atoms with E-state index in [4.69, 9.17) is 51.1 Å². The Bertz CT molecular complexity index is 1040. The van der Waals surface area contributed by atoms with Gasteiger partial charge in [0.2, 0.25) is 0 Å². The van der Waals surface area contributed by atoms with E-state index >= 15 is 0 Å². The van der Waals surface area contributed by atoms with Gasteiger partial charge in [-0.15, -0.1) is 0 Å². The zero-order chi connectivity index (χ0) is 21.8. The molecule has 0 spiro atoms. The van der Waals surface area contributed by atoms with Crippen LogP contribution >= 0.6 is 58.2 Å². The van der Waals surface area contributed by atoms with Gasteiger partial charge in [0.15, 0.2) is 5.17 Å². The van der Waals surface area contributed by atoms with Gasteiger partial charge in [0.25, 0.3) is 5.91 Å². The second-order valence-electron chi connectivity index (χ2n) is 6.25. The lowest BCUT2D eigenvalue weighted by molar-refractivity contribution is -0.122. The van der Waals surface area contributed by atoms with Crippen molar-refractivity contribution >= 4 is 75.3 Å². The standard InChI is InChI=1S/C21H18Cl4N2O2S/c1-3-26-21-27(4-2)20(28)18(30-21)8-13-7-15(23)10-17(25)19(13)29-11-12-5-6-14(22)9-16(12)24/h5-10H,3-4,11H2,1-2H3/b18-8-,26-21?. The highest BCUT2D eigenvalue weighted by Crippen LogP contribution is 2.38. The largest absolute Gasteiger partial charge is 0.487 e. The first-order valence-corrected chi connectivity index (χ1v) is 11.5. The predicted octanol–water partition coefficient (Wildman–Crippen LogP) is 7.19. The summed E-state index contributed by atoms with van der Waals surface area (Å²) in [5, 5.41) is 2.49. The number of ether oxygens (including phenoxy) is 1. The molecule has 1 aliphatic heterocycles. The average molecular weight is 504 g/mol. The number of nitrogens with zero attached hydrogens (tertiary/aromatic N) is 2. The summed E-state index contributed by atoms with van der Waals surface area (Å²) in [6, 6.07) is 8.47. The summed E-state index contributed by atoms with van der Waals surface area (Å²) in [5.41, 5.74) is 1.36. The number of halogens is 4. The van der Waals surface area contributed by atoms with Gasteiger partial charge < -0.3 is 4.74 Å². The molecule has 2 aromatic rings. The minimum Gasteiger partial charge on any atom is -0.487 e. The van der Waals surface area contributed by atoms with Crippen LogP contribution in [-0.2, 0) is 11.4 Å². The van der Waals surface area contributed by atoms with E-state index in [-0.39, 0.29) is 12.5 Å². The van der Waals surface area contributed by atoms with Gasteiger partial charge in [0.1, 0.15) is 12.4 Å². The molecule has 1 heterocycles. The van der Waals surface area contributed by atoms with Gasteiger partial charge in [0.05, 0.1) is 9.93 Å². The van der Waals surface area contributed by atoms with Crippen molar-refractivity contribution in [2.75, 3.05) is 13.1 Å². The lowest BCUT2D eigenvalue weighted by Crippen LogP contribution is -2.28. The number of rotatable bonds is 6. The molecule has 1 fully saturated rings. The normalized spacial score (nSPS) is 16.7. The molecular formula is C21H18Cl4N2O2S. The summed E-state index contributed by atoms with van der Waals surface area (Å²) in [6.45, 7) is 5.15. The first-order valence-electron chi connectivity index (χ1n) is 9.15. The summed E-state index contributed by atoms with van der Waals surface area (Å²) in [7, 11) is 0. The van der Waals surface area contributed by atoms with Crippen LogP contribution in [0.1, 0.15) is 25.0 Å². The maximum Gasteiger partial charge on any atom is 0.266 e. The number of thioether (sulfide) groups is 1. The minimum atomic E-state index is -0.113. The van der Waals surface area contributed by atoms with Crippen molar-refractivity contribution in [2.24, 2.45) is 4.99 Å². The molecule has 4 nitrogen and oxygen atoms in total. The van der Waals surface area contributed by atoms with E-state index in [1.165, 1.54) is 11.8 Å². The maximum atomic E-state index is 12.8. The summed E-state index contributed by atoms with van der Waals surface area (Å²) in [6.07, 6.45) is 1.73. The molecule has 1 amide bonds. The van der Waals surface area contributed by atoms with Crippen molar-refractivity contribution in [1.29, 1.82) is 0 Å². The number of carbonyl (C=O) groups is 1. The Morgan fingerprint density at radius 3 is 2.47 bits per heavy atom. The van der Waals surface area contributed by atoms with Gasteiger partial charge in [0, 0.05) is 39.3 Å². The first-order chi connectivity index (χ1) is 14.3. The number of likely N-dealkylation sites (N-methyl/N-ethyl adjacent to an activating group) is 1. The Morgan fingerprint density at radius 1 is 1.07 bits per heavy atom. The zero-order valence-electron chi connectivity index (χ0n) is 16.2. The molecule has 158 valence electrons. The van der Waals surface area contributed by atoms with Crippen LogP contribution in [0.15, 0.2) is 40.2 Å². The smallest absolute Gasteiger partial charge is 0.266 e. The Hall–Kier alpha value is -1.37. The molecule has 0 bridgehead atoms. The van der Waals surface area contributed by atoms with Crippen molar-refractivity contribution < 1.29 is 9.53 Å². The molecule has 0 aliphatic carbocycles. The third-order valence-corrected chi connectivity index (χ3v) is 6.34. The van der Waals surface area contributed by atoms with Gasteiger partial charge in [-0.2, -0.15) is 0 Å². The SMILES string of the molecule is CCN=C1S/C(=C\c2cc(Cl)cc(Cl)c2OCc2ccc(Cl)cc2Cl)C(=O)N1CC. The van der Waals surface area contributed by atoms with Crippen LogP contribution in [0.2, 0.25) is 20.1 Å². The van der Waals surface area contributed by atoms with E-state index in [1.54, 1.807) is 41.3 Å². The lowest BCUT2D eigenvalue weighted by Gasteiger charge is -2.13. The van der Waals surface area contributed by atoms with E-state index in [0.29, 0.717) is 54.6 Å². The average Bonchev–Trinajstić information content (AvgIpc) is 2.97. The van der Waals surface area contributed by atoms with Crippen LogP contribution in [-0.4, -0.2) is 29.1 Å². The number of benzene rings is 2. The van der Waals surface area contributed by atoms with E-state index in [0.717, 1.165) is 5.56 Å². The number of hydrogen-bond donors (Lipinski definition) is 0. The number of amidine groups is 1. The fraction of sp³-hybridized carbons (Fsp3) is 0.238. The number of aliphatic imine (C=N–C) groups is 1. The molecular weight excluding hydrogens is 486 g/mol. The molecule has 2 aromatic carbocycles. The number of amides is 1. The van der Waals surface area contributed by atoms with Crippen molar-refractivity contribution in [3.05, 3.63) is 66.5 Å². The van der Waals surface area contributed by atoms with Crippen molar-refractivity contribution in [3.8, 4) is 5.75 Å². The lowest BCUT2D eigenvalue weighted by atomic mass is 10.1. The van der Waals surface area contributed by atoms with Crippen LogP contribution < -0.4 is 4.74 Å². The number of hydrogen-bond acceptors (Lipinski definition) is 4. The Balaban J connectivity index is 1.94. The maximum absolute atomic E-state index is 12.8. The van der Waals surface area contributed by atoms with Crippen molar-refractivity contribution in [1.82, 2.24) is 4.90 Å². The summed E-state index contributed by atoms with van der Waals surface area (Å²) >= 11 is 26.1. The molecule has 0 N–H and O–H groups in total. The fourth-order valence-electron chi connectivity index (χ4n) is 2.81. The van der Waals surface area contributed by atoms with E-state index in [9.17, 15) is 4.79 Å². The van der Waals surface area contributed by atoms with Crippen LogP contribution in [0.3, 0.4) is 0 Å². The monoisotopic (exact) mass is 502 g/mol. The molecule has 0 saturated carbocycles. The van der Waals surface area contributed by atoms with Crippen LogP contribution in [0.5, 0.6) is 5.75 Å². The van der Waals surface area contributed by atoms with Crippen LogP contribution in [0.4, 0.5) is 0 Å². The van der Waals surface area contributed by atoms with E-state index in [2.05, 4.69) is 4.99 Å². The molecule has 30 heavy (non-hydrogen) atoms. The molecule has 0 aromatic heterocycles. The van der Waals surface area contributed by atoms with Crippen LogP contribution in [0.25, 0.3) is 6.08 Å². The number of carbonyl (C=O) groups excluding carboxylic acids is 1. The Labute approximate surface area is 199 Å². The second-order valence-corrected chi connectivity index (χ2v) is 8.94. The fourth-order valence-corrected chi connectivity index (χ4v) is 4.93. The Kier molecular flexibility index (Phi) is 7.99. The Morgan fingerprint density at radius 2 is 1.80 bits per heavy atom. The minimum absolute atomic E-state index is 0.113. The van der Waals surface area contributed by atoms with E-state index in [1.807, 2.05) is 13.8 Å². The molecule has 9 heteroatoms. The molecule has 0 radical (unpaired) electrons. The third kappa shape index (κ3) is 5.27. The van der Waals surface area contributed by atoms with Gasteiger partial charge in [-0.1, -0.05) is 52.5 Å². The quantitative estimate of drug-likeness (QED) is 0.391.